The van der Waals surface area contributed by atoms with Gasteiger partial charge in [-0.1, -0.05) is 0 Å². The highest BCUT2D eigenvalue weighted by atomic mass is 16.2. The second-order valence-corrected chi connectivity index (χ2v) is 6.60. The molecule has 4 rings (SSSR count). The molecule has 2 heterocycles. The van der Waals surface area contributed by atoms with Gasteiger partial charge in [0.2, 0.25) is 5.91 Å². The minimum absolute atomic E-state index is 0.209. The topological polar surface area (TPSA) is 52.2 Å². The predicted octanol–water partition coefficient (Wildman–Crippen LogP) is 1.27. The Morgan fingerprint density at radius 3 is 2.95 bits per heavy atom. The van der Waals surface area contributed by atoms with Gasteiger partial charge in [0.05, 0.1) is 6.04 Å². The number of nitrogens with one attached hydrogen (secondary N) is 1. The molecule has 3 atom stereocenters. The summed E-state index contributed by atoms with van der Waals surface area (Å²) in [6, 6.07) is 0.209. The standard InChI is InChI=1S/C15H22N4O/c1-18-6-7-19(9-13(18)14-16-4-5-17-14)15(20)12-8-11(12)10-2-3-10/h4-5,10-13H,2-3,6-9H2,1H3,(H,16,17)/t11-,12-,13-/m1/s1. The second kappa shape index (κ2) is 4.58. The van der Waals surface area contributed by atoms with Gasteiger partial charge in [0, 0.05) is 37.9 Å². The summed E-state index contributed by atoms with van der Waals surface area (Å²) in [5.41, 5.74) is 0. The Kier molecular flexibility index (Phi) is 2.84. The lowest BCUT2D eigenvalue weighted by molar-refractivity contribution is -0.135. The molecule has 2 saturated carbocycles. The summed E-state index contributed by atoms with van der Waals surface area (Å²) in [6.07, 6.45) is 7.49. The summed E-state index contributed by atoms with van der Waals surface area (Å²) in [5, 5.41) is 0. The van der Waals surface area contributed by atoms with Crippen LogP contribution < -0.4 is 0 Å². The molecule has 1 aromatic rings. The van der Waals surface area contributed by atoms with Crippen LogP contribution in [0, 0.1) is 17.8 Å². The zero-order valence-electron chi connectivity index (χ0n) is 12.0. The van der Waals surface area contributed by atoms with Gasteiger partial charge in [-0.3, -0.25) is 9.69 Å². The van der Waals surface area contributed by atoms with Crippen LogP contribution >= 0.6 is 0 Å². The predicted molar refractivity (Wildman–Crippen MR) is 74.9 cm³/mol. The van der Waals surface area contributed by atoms with E-state index < -0.39 is 0 Å². The van der Waals surface area contributed by atoms with Crippen LogP contribution in [0.1, 0.15) is 31.1 Å². The van der Waals surface area contributed by atoms with E-state index in [4.69, 9.17) is 0 Å². The number of carbonyl (C=O) groups excluding carboxylic acids is 1. The zero-order valence-corrected chi connectivity index (χ0v) is 12.0. The Morgan fingerprint density at radius 1 is 1.40 bits per heavy atom. The number of hydrogen-bond donors (Lipinski definition) is 1. The van der Waals surface area contributed by atoms with E-state index in [0.29, 0.717) is 17.7 Å². The molecule has 0 spiro atoms. The van der Waals surface area contributed by atoms with Gasteiger partial charge in [0.25, 0.3) is 0 Å². The Balaban J connectivity index is 1.43. The zero-order chi connectivity index (χ0) is 13.7. The van der Waals surface area contributed by atoms with Gasteiger partial charge in [-0.25, -0.2) is 4.98 Å². The first kappa shape index (κ1) is 12.4. The lowest BCUT2D eigenvalue weighted by atomic mass is 10.1. The summed E-state index contributed by atoms with van der Waals surface area (Å²) in [4.78, 5) is 24.5. The van der Waals surface area contributed by atoms with Crippen molar-refractivity contribution in [1.82, 2.24) is 19.8 Å². The minimum Gasteiger partial charge on any atom is -0.347 e. The molecule has 0 aromatic carbocycles. The molecule has 0 bridgehead atoms. The third-order valence-corrected chi connectivity index (χ3v) is 5.18. The molecular weight excluding hydrogens is 252 g/mol. The van der Waals surface area contributed by atoms with Crippen LogP contribution in [0.3, 0.4) is 0 Å². The fourth-order valence-electron chi connectivity index (χ4n) is 3.61. The van der Waals surface area contributed by atoms with Crippen molar-refractivity contribution >= 4 is 5.91 Å². The van der Waals surface area contributed by atoms with Gasteiger partial charge in [-0.2, -0.15) is 0 Å². The molecule has 1 aliphatic heterocycles. The Hall–Kier alpha value is -1.36. The van der Waals surface area contributed by atoms with Crippen LogP contribution in [0.25, 0.3) is 0 Å². The van der Waals surface area contributed by atoms with Crippen molar-refractivity contribution in [3.05, 3.63) is 18.2 Å². The number of H-pyrrole nitrogens is 1. The summed E-state index contributed by atoms with van der Waals surface area (Å²) in [6.45, 7) is 2.56. The number of piperazine rings is 1. The van der Waals surface area contributed by atoms with Gasteiger partial charge in [-0.05, 0) is 38.1 Å². The first-order valence-corrected chi connectivity index (χ1v) is 7.72. The summed E-state index contributed by atoms with van der Waals surface area (Å²) >= 11 is 0. The lowest BCUT2D eigenvalue weighted by Gasteiger charge is -2.38. The van der Waals surface area contributed by atoms with E-state index in [1.807, 2.05) is 6.20 Å². The molecule has 108 valence electrons. The number of amides is 1. The third kappa shape index (κ3) is 2.14. The van der Waals surface area contributed by atoms with Crippen molar-refractivity contribution in [2.75, 3.05) is 26.7 Å². The lowest BCUT2D eigenvalue weighted by Crippen LogP contribution is -2.49. The van der Waals surface area contributed by atoms with Crippen molar-refractivity contribution in [2.45, 2.75) is 25.3 Å². The van der Waals surface area contributed by atoms with Crippen LogP contribution in [-0.4, -0.2) is 52.4 Å². The van der Waals surface area contributed by atoms with E-state index in [-0.39, 0.29) is 6.04 Å². The molecule has 0 unspecified atom stereocenters. The van der Waals surface area contributed by atoms with Crippen LogP contribution in [0.5, 0.6) is 0 Å². The number of carbonyl (C=O) groups is 1. The molecule has 0 radical (unpaired) electrons. The number of nitrogens with zero attached hydrogens (tertiary/aromatic N) is 3. The van der Waals surface area contributed by atoms with Crippen LogP contribution in [-0.2, 0) is 4.79 Å². The van der Waals surface area contributed by atoms with Gasteiger partial charge < -0.3 is 9.88 Å². The number of rotatable bonds is 3. The maximum absolute atomic E-state index is 12.6. The van der Waals surface area contributed by atoms with Crippen molar-refractivity contribution in [1.29, 1.82) is 0 Å². The van der Waals surface area contributed by atoms with Crippen molar-refractivity contribution in [2.24, 2.45) is 17.8 Å². The summed E-state index contributed by atoms with van der Waals surface area (Å²) in [7, 11) is 2.11. The monoisotopic (exact) mass is 274 g/mol. The largest absolute Gasteiger partial charge is 0.347 e. The summed E-state index contributed by atoms with van der Waals surface area (Å²) < 4.78 is 0. The molecule has 1 N–H and O–H groups in total. The Morgan fingerprint density at radius 2 is 2.25 bits per heavy atom. The minimum atomic E-state index is 0.209. The number of imidazole rings is 1. The number of hydrogen-bond acceptors (Lipinski definition) is 3. The molecule has 1 saturated heterocycles. The maximum Gasteiger partial charge on any atom is 0.226 e. The van der Waals surface area contributed by atoms with E-state index in [2.05, 4.69) is 26.8 Å². The van der Waals surface area contributed by atoms with E-state index in [9.17, 15) is 4.79 Å². The van der Waals surface area contributed by atoms with Crippen molar-refractivity contribution in [3.63, 3.8) is 0 Å². The number of aromatic nitrogens is 2. The maximum atomic E-state index is 12.6. The van der Waals surface area contributed by atoms with E-state index in [1.165, 1.54) is 12.8 Å². The quantitative estimate of drug-likeness (QED) is 0.903. The molecule has 1 aromatic heterocycles. The van der Waals surface area contributed by atoms with E-state index >= 15 is 0 Å². The highest BCUT2D eigenvalue weighted by molar-refractivity contribution is 5.82. The smallest absolute Gasteiger partial charge is 0.226 e. The molecule has 3 fully saturated rings. The third-order valence-electron chi connectivity index (χ3n) is 5.18. The molecule has 3 aliphatic rings. The first-order chi connectivity index (χ1) is 9.74. The van der Waals surface area contributed by atoms with Crippen LogP contribution in [0.4, 0.5) is 0 Å². The van der Waals surface area contributed by atoms with Gasteiger partial charge in [0.1, 0.15) is 5.82 Å². The molecule has 5 nitrogen and oxygen atoms in total. The highest BCUT2D eigenvalue weighted by Crippen LogP contribution is 2.55. The van der Waals surface area contributed by atoms with Gasteiger partial charge in [0.15, 0.2) is 0 Å². The fourth-order valence-corrected chi connectivity index (χ4v) is 3.61. The number of likely N-dealkylation sites (N-methyl/N-ethyl adjacent to an activating group) is 1. The summed E-state index contributed by atoms with van der Waals surface area (Å²) in [5.74, 6) is 3.29. The van der Waals surface area contributed by atoms with Crippen LogP contribution in [0.15, 0.2) is 12.4 Å². The Labute approximate surface area is 119 Å². The van der Waals surface area contributed by atoms with E-state index in [1.54, 1.807) is 6.20 Å². The molecular formula is C15H22N4O. The van der Waals surface area contributed by atoms with Gasteiger partial charge >= 0.3 is 0 Å². The van der Waals surface area contributed by atoms with Crippen molar-refractivity contribution in [3.8, 4) is 0 Å². The molecule has 1 amide bonds. The SMILES string of the molecule is CN1CCN(C(=O)[C@@H]2C[C@@H]2C2CC2)C[C@@H]1c1ncc[nH]1. The Bertz CT molecular complexity index is 496. The highest BCUT2D eigenvalue weighted by Gasteiger charge is 2.52. The normalized spacial score (nSPS) is 34.2. The molecule has 20 heavy (non-hydrogen) atoms. The van der Waals surface area contributed by atoms with Crippen LogP contribution in [0.2, 0.25) is 0 Å². The van der Waals surface area contributed by atoms with E-state index in [0.717, 1.165) is 37.8 Å². The molecule has 2 aliphatic carbocycles. The average Bonchev–Trinajstić information content (AvgIpc) is 3.35. The fraction of sp³-hybridized carbons (Fsp3) is 0.733. The molecule has 5 heteroatoms. The second-order valence-electron chi connectivity index (χ2n) is 6.60. The number of aromatic amines is 1. The van der Waals surface area contributed by atoms with Crippen molar-refractivity contribution < 1.29 is 4.79 Å². The van der Waals surface area contributed by atoms with Gasteiger partial charge in [-0.15, -0.1) is 0 Å². The first-order valence-electron chi connectivity index (χ1n) is 7.72. The average molecular weight is 274 g/mol.